The van der Waals surface area contributed by atoms with Gasteiger partial charge in [0.05, 0.1) is 27.9 Å². The molecule has 8 nitrogen and oxygen atoms in total. The van der Waals surface area contributed by atoms with Crippen molar-refractivity contribution in [2.45, 2.75) is 75.1 Å². The summed E-state index contributed by atoms with van der Waals surface area (Å²) >= 11 is 1.53. The number of anilines is 1. The first-order valence-corrected chi connectivity index (χ1v) is 13.9. The molecule has 6 fully saturated rings. The van der Waals surface area contributed by atoms with E-state index in [-0.39, 0.29) is 23.9 Å². The Bertz CT molecular complexity index is 1180. The maximum absolute atomic E-state index is 12.5. The first-order chi connectivity index (χ1) is 16.8. The van der Waals surface area contributed by atoms with Crippen molar-refractivity contribution in [3.05, 3.63) is 23.8 Å². The molecule has 9 heteroatoms. The van der Waals surface area contributed by atoms with Gasteiger partial charge in [-0.3, -0.25) is 4.79 Å². The second kappa shape index (κ2) is 7.80. The molecule has 4 bridgehead atoms. The summed E-state index contributed by atoms with van der Waals surface area (Å²) in [6.07, 6.45) is 6.81. The van der Waals surface area contributed by atoms with E-state index in [1.807, 2.05) is 18.2 Å². The number of hydrogen-bond donors (Lipinski definition) is 4. The fourth-order valence-electron chi connectivity index (χ4n) is 8.03. The van der Waals surface area contributed by atoms with E-state index in [0.717, 1.165) is 66.7 Å². The molecular weight excluding hydrogens is 464 g/mol. The van der Waals surface area contributed by atoms with E-state index in [9.17, 15) is 19.8 Å². The smallest absolute Gasteiger partial charge is 0.407 e. The minimum atomic E-state index is -0.845. The molecule has 0 spiro atoms. The number of rotatable bonds is 5. The molecule has 2 heterocycles. The molecular formula is C26H32N4O4S. The number of likely N-dealkylation sites (tertiary alicyclic amines) is 1. The van der Waals surface area contributed by atoms with Crippen LogP contribution in [0.5, 0.6) is 0 Å². The van der Waals surface area contributed by atoms with E-state index in [1.165, 1.54) is 11.3 Å². The van der Waals surface area contributed by atoms with Crippen LogP contribution < -0.4 is 10.6 Å². The number of carbonyl (C=O) groups is 2. The van der Waals surface area contributed by atoms with Gasteiger partial charge >= 0.3 is 6.09 Å². The Kier molecular flexibility index (Phi) is 4.87. The van der Waals surface area contributed by atoms with Crippen LogP contribution in [0, 0.1) is 23.7 Å². The summed E-state index contributed by atoms with van der Waals surface area (Å²) in [6, 6.07) is 5.85. The summed E-state index contributed by atoms with van der Waals surface area (Å²) in [4.78, 5) is 31.1. The summed E-state index contributed by atoms with van der Waals surface area (Å²) < 4.78 is 0.956. The van der Waals surface area contributed by atoms with Gasteiger partial charge in [-0.2, -0.15) is 0 Å². The molecule has 5 aliphatic carbocycles. The van der Waals surface area contributed by atoms with Crippen LogP contribution in [-0.2, 0) is 0 Å². The summed E-state index contributed by atoms with van der Waals surface area (Å²) in [5.41, 5.74) is 0.975. The summed E-state index contributed by atoms with van der Waals surface area (Å²) in [6.45, 7) is 0.525. The summed E-state index contributed by atoms with van der Waals surface area (Å²) in [5, 5.41) is 28.5. The molecule has 8 rings (SSSR count). The molecule has 2 amide bonds. The van der Waals surface area contributed by atoms with Crippen LogP contribution in [0.3, 0.4) is 0 Å². The lowest BCUT2D eigenvalue weighted by molar-refractivity contribution is -0.162. The zero-order valence-corrected chi connectivity index (χ0v) is 20.5. The van der Waals surface area contributed by atoms with Gasteiger partial charge < -0.3 is 25.7 Å². The van der Waals surface area contributed by atoms with E-state index < -0.39 is 11.7 Å². The molecule has 186 valence electrons. The minimum absolute atomic E-state index is 0.00136. The number of thiazole rings is 1. The van der Waals surface area contributed by atoms with Crippen molar-refractivity contribution >= 4 is 38.7 Å². The third-order valence-corrected chi connectivity index (χ3v) is 10.2. The average Bonchev–Trinajstić information content (AvgIpc) is 3.36. The highest BCUT2D eigenvalue weighted by Crippen LogP contribution is 2.60. The first kappa shape index (κ1) is 21.9. The van der Waals surface area contributed by atoms with Crippen LogP contribution in [0.4, 0.5) is 9.93 Å². The van der Waals surface area contributed by atoms with Crippen LogP contribution in [0.15, 0.2) is 18.2 Å². The zero-order valence-electron chi connectivity index (χ0n) is 19.7. The van der Waals surface area contributed by atoms with Gasteiger partial charge in [0.25, 0.3) is 5.91 Å². The fourth-order valence-corrected chi connectivity index (χ4v) is 9.00. The lowest BCUT2D eigenvalue weighted by Crippen LogP contribution is -2.61. The quantitative estimate of drug-likeness (QED) is 0.499. The van der Waals surface area contributed by atoms with Gasteiger partial charge in [-0.1, -0.05) is 11.3 Å². The van der Waals surface area contributed by atoms with E-state index >= 15 is 0 Å². The van der Waals surface area contributed by atoms with Crippen LogP contribution in [0.25, 0.3) is 10.2 Å². The number of carbonyl (C=O) groups excluding carboxylic acids is 1. The van der Waals surface area contributed by atoms with Crippen LogP contribution in [-0.4, -0.2) is 62.4 Å². The van der Waals surface area contributed by atoms with Gasteiger partial charge in [0.1, 0.15) is 0 Å². The lowest BCUT2D eigenvalue weighted by Gasteiger charge is -2.60. The van der Waals surface area contributed by atoms with E-state index in [0.29, 0.717) is 35.9 Å². The van der Waals surface area contributed by atoms with Gasteiger partial charge in [0, 0.05) is 18.2 Å². The summed E-state index contributed by atoms with van der Waals surface area (Å²) in [7, 11) is 0. The van der Waals surface area contributed by atoms with Gasteiger partial charge in [-0.05, 0) is 93.2 Å². The second-order valence-electron chi connectivity index (χ2n) is 11.7. The molecule has 6 aliphatic rings. The standard InChI is InChI=1S/C26H32N4O4S/c31-23(27-17-2-3-17)14-1-4-18-20(9-14)35-24(28-18)29-19-5-6-30(25(32)33)22(19)21-15-7-13-8-16(21)12-26(34,10-13)11-15/h1,4,9,13,15-17,19,21-22,34H,2-3,5-8,10-12H2,(H,27,31)(H,28,29)(H,32,33)/t13?,15-,16?,19?,21?,22-,26?/m0/s1. The van der Waals surface area contributed by atoms with Gasteiger partial charge in [0.15, 0.2) is 5.13 Å². The van der Waals surface area contributed by atoms with E-state index in [2.05, 4.69) is 10.6 Å². The Morgan fingerprint density at radius 2 is 1.89 bits per heavy atom. The van der Waals surface area contributed by atoms with Crippen LogP contribution in [0.1, 0.15) is 61.7 Å². The highest BCUT2D eigenvalue weighted by Gasteiger charge is 2.59. The molecule has 7 atom stereocenters. The molecule has 0 radical (unpaired) electrons. The topological polar surface area (TPSA) is 115 Å². The average molecular weight is 497 g/mol. The van der Waals surface area contributed by atoms with Crippen molar-refractivity contribution in [3.8, 4) is 0 Å². The molecule has 1 saturated heterocycles. The molecule has 1 aromatic carbocycles. The number of amides is 2. The number of fused-ring (bicyclic) bond motifs is 1. The highest BCUT2D eigenvalue weighted by atomic mass is 32.1. The molecule has 1 aliphatic heterocycles. The molecule has 5 saturated carbocycles. The summed E-state index contributed by atoms with van der Waals surface area (Å²) in [5.74, 6) is 1.63. The number of aliphatic hydroxyl groups is 1. The maximum atomic E-state index is 12.5. The zero-order chi connectivity index (χ0) is 23.9. The number of nitrogens with zero attached hydrogens (tertiary/aromatic N) is 2. The second-order valence-corrected chi connectivity index (χ2v) is 12.8. The number of nitrogens with one attached hydrogen (secondary N) is 2. The van der Waals surface area contributed by atoms with E-state index in [4.69, 9.17) is 4.98 Å². The van der Waals surface area contributed by atoms with Crippen molar-refractivity contribution in [2.24, 2.45) is 23.7 Å². The lowest BCUT2D eigenvalue weighted by atomic mass is 9.48. The Morgan fingerprint density at radius 1 is 1.11 bits per heavy atom. The monoisotopic (exact) mass is 496 g/mol. The minimum Gasteiger partial charge on any atom is -0.465 e. The van der Waals surface area contributed by atoms with Crippen LogP contribution >= 0.6 is 11.3 Å². The third-order valence-electron chi connectivity index (χ3n) is 9.28. The Labute approximate surface area is 208 Å². The van der Waals surface area contributed by atoms with Crippen LogP contribution in [0.2, 0.25) is 0 Å². The SMILES string of the molecule is O=C(NC1CC1)c1ccc2nc(NC3CCN(C(=O)O)[C@@H]3C3C4CC5C[C@H]3CC(O)(C5)C4)sc2c1. The van der Waals surface area contributed by atoms with Crippen molar-refractivity contribution in [2.75, 3.05) is 11.9 Å². The predicted octanol–water partition coefficient (Wildman–Crippen LogP) is 3.91. The molecule has 35 heavy (non-hydrogen) atoms. The normalized spacial score (nSPS) is 37.7. The number of benzene rings is 1. The molecule has 2 aromatic rings. The number of carboxylic acid groups (broad SMARTS) is 1. The van der Waals surface area contributed by atoms with Gasteiger partial charge in [-0.15, -0.1) is 0 Å². The Hall–Kier alpha value is -2.39. The predicted molar refractivity (Wildman–Crippen MR) is 133 cm³/mol. The van der Waals surface area contributed by atoms with Crippen molar-refractivity contribution in [1.82, 2.24) is 15.2 Å². The third kappa shape index (κ3) is 3.78. The number of aromatic nitrogens is 1. The molecule has 1 aromatic heterocycles. The van der Waals surface area contributed by atoms with Crippen molar-refractivity contribution < 1.29 is 19.8 Å². The first-order valence-electron chi connectivity index (χ1n) is 13.1. The number of hydrogen-bond acceptors (Lipinski definition) is 6. The van der Waals surface area contributed by atoms with E-state index in [1.54, 1.807) is 4.90 Å². The molecule has 5 unspecified atom stereocenters. The van der Waals surface area contributed by atoms with Gasteiger partial charge in [0.2, 0.25) is 0 Å². The Morgan fingerprint density at radius 3 is 2.57 bits per heavy atom. The largest absolute Gasteiger partial charge is 0.465 e. The fraction of sp³-hybridized carbons (Fsp3) is 0.654. The van der Waals surface area contributed by atoms with Gasteiger partial charge in [-0.25, -0.2) is 9.78 Å². The Balaban J connectivity index is 1.14. The highest BCUT2D eigenvalue weighted by molar-refractivity contribution is 7.22. The molecule has 4 N–H and O–H groups in total. The maximum Gasteiger partial charge on any atom is 0.407 e. The van der Waals surface area contributed by atoms with Crippen molar-refractivity contribution in [3.63, 3.8) is 0 Å². The van der Waals surface area contributed by atoms with Crippen molar-refractivity contribution in [1.29, 1.82) is 0 Å².